The minimum Gasteiger partial charge on any atom is -0.438 e. The fraction of sp³-hybridized carbons (Fsp3) is 0.667. The van der Waals surface area contributed by atoms with Gasteiger partial charge in [-0.2, -0.15) is 0 Å². The lowest BCUT2D eigenvalue weighted by molar-refractivity contribution is -0.115. The molecule has 0 heterocycles. The highest BCUT2D eigenvalue weighted by molar-refractivity contribution is 6.32. The lowest BCUT2D eigenvalue weighted by Gasteiger charge is -1.79. The average Bonchev–Trinajstić information content (AvgIpc) is 1.35. The van der Waals surface area contributed by atoms with Crippen LogP contribution in [0.5, 0.6) is 0 Å². The van der Waals surface area contributed by atoms with Crippen LogP contribution in [0.25, 0.3) is 0 Å². The van der Waals surface area contributed by atoms with E-state index in [2.05, 4.69) is 0 Å². The number of hydrogen-bond donors (Lipinski definition) is 1. The predicted octanol–water partition coefficient (Wildman–Crippen LogP) is -0.930. The molecule has 0 aliphatic rings. The second-order valence-electron chi connectivity index (χ2n) is 1.18. The molecule has 6 heavy (non-hydrogen) atoms. The van der Waals surface area contributed by atoms with E-state index < -0.39 is 9.76 Å². The third-order valence-corrected chi connectivity index (χ3v) is 1.39. The Balaban J connectivity index is 2.83. The Morgan fingerprint density at radius 3 is 2.50 bits per heavy atom. The van der Waals surface area contributed by atoms with Gasteiger partial charge in [0.2, 0.25) is 0 Å². The van der Waals surface area contributed by atoms with Gasteiger partial charge in [-0.05, 0) is 6.92 Å². The minimum absolute atomic E-state index is 0.101. The predicted molar refractivity (Wildman–Crippen MR) is 26.3 cm³/mol. The molecule has 0 bridgehead atoms. The van der Waals surface area contributed by atoms with Crippen molar-refractivity contribution >= 4 is 15.5 Å². The molecule has 0 aliphatic heterocycles. The largest absolute Gasteiger partial charge is 0.438 e. The molecule has 36 valence electrons. The average molecular weight is 104 g/mol. The zero-order valence-corrected chi connectivity index (χ0v) is 5.18. The van der Waals surface area contributed by atoms with Gasteiger partial charge in [-0.3, -0.25) is 0 Å². The normalized spacial score (nSPS) is 10.3. The Bertz CT molecular complexity index is 52.8. The fourth-order valence-corrected chi connectivity index (χ4v) is 0.472. The molecule has 0 atom stereocenters. The molecule has 0 fully saturated rings. The van der Waals surface area contributed by atoms with Crippen LogP contribution in [0.3, 0.4) is 0 Å². The van der Waals surface area contributed by atoms with Crippen LogP contribution in [-0.2, 0) is 4.79 Å². The molecule has 0 unspecified atom stereocenters. The highest BCUT2D eigenvalue weighted by atomic mass is 28.2. The van der Waals surface area contributed by atoms with Gasteiger partial charge in [-0.15, -0.1) is 0 Å². The summed E-state index contributed by atoms with van der Waals surface area (Å²) in [5.74, 6) is 0.101. The van der Waals surface area contributed by atoms with Crippen molar-refractivity contribution in [3.8, 4) is 0 Å². The molecule has 0 saturated heterocycles. The second kappa shape index (κ2) is 3.05. The van der Waals surface area contributed by atoms with E-state index in [1.165, 1.54) is 6.92 Å². The first-order valence-electron chi connectivity index (χ1n) is 1.87. The lowest BCUT2D eigenvalue weighted by Crippen LogP contribution is -1.94. The van der Waals surface area contributed by atoms with Gasteiger partial charge < -0.3 is 9.59 Å². The number of carbonyl (C=O) groups is 1. The molecular weight excluding hydrogens is 96.1 g/mol. The minimum atomic E-state index is -0.983. The maximum atomic E-state index is 9.92. The van der Waals surface area contributed by atoms with E-state index >= 15 is 0 Å². The summed E-state index contributed by atoms with van der Waals surface area (Å²) in [7, 11) is -0.983. The first-order valence-corrected chi connectivity index (χ1v) is 3.51. The van der Waals surface area contributed by atoms with Crippen molar-refractivity contribution in [3.63, 3.8) is 0 Å². The zero-order chi connectivity index (χ0) is 4.99. The van der Waals surface area contributed by atoms with E-state index in [0.29, 0.717) is 6.04 Å². The Morgan fingerprint density at radius 1 is 2.00 bits per heavy atom. The summed E-state index contributed by atoms with van der Waals surface area (Å²) >= 11 is 0. The maximum absolute atomic E-state index is 9.92. The van der Waals surface area contributed by atoms with E-state index in [1.807, 2.05) is 0 Å². The van der Waals surface area contributed by atoms with Gasteiger partial charge in [0.25, 0.3) is 0 Å². The van der Waals surface area contributed by atoms with Crippen LogP contribution in [0.15, 0.2) is 0 Å². The molecular formula is C3H8O2Si. The van der Waals surface area contributed by atoms with Crippen LogP contribution >= 0.6 is 0 Å². The SMILES string of the molecule is CC(=O)C[SiH2]O. The van der Waals surface area contributed by atoms with Crippen molar-refractivity contribution in [2.24, 2.45) is 0 Å². The fourth-order valence-electron chi connectivity index (χ4n) is 0.157. The molecule has 3 heteroatoms. The summed E-state index contributed by atoms with van der Waals surface area (Å²) in [5.41, 5.74) is 0. The molecule has 0 rings (SSSR count). The Morgan fingerprint density at radius 2 is 2.50 bits per heavy atom. The van der Waals surface area contributed by atoms with Crippen molar-refractivity contribution < 1.29 is 9.59 Å². The van der Waals surface area contributed by atoms with Crippen LogP contribution < -0.4 is 0 Å². The summed E-state index contributed by atoms with van der Waals surface area (Å²) in [6, 6.07) is 0.431. The highest BCUT2D eigenvalue weighted by Gasteiger charge is 1.86. The van der Waals surface area contributed by atoms with Gasteiger partial charge in [-0.25, -0.2) is 0 Å². The number of hydrogen-bond acceptors (Lipinski definition) is 2. The van der Waals surface area contributed by atoms with E-state index in [0.717, 1.165) is 0 Å². The number of ketones is 1. The molecule has 0 aliphatic carbocycles. The Hall–Kier alpha value is -0.153. The highest BCUT2D eigenvalue weighted by Crippen LogP contribution is 1.73. The van der Waals surface area contributed by atoms with Crippen molar-refractivity contribution in [3.05, 3.63) is 0 Å². The lowest BCUT2D eigenvalue weighted by atomic mass is 10.5. The maximum Gasteiger partial charge on any atom is 0.163 e. The van der Waals surface area contributed by atoms with Gasteiger partial charge in [0.1, 0.15) is 5.78 Å². The molecule has 0 saturated carbocycles. The van der Waals surface area contributed by atoms with Gasteiger partial charge in [0.15, 0.2) is 9.76 Å². The molecule has 0 aromatic rings. The van der Waals surface area contributed by atoms with E-state index in [1.54, 1.807) is 0 Å². The molecule has 2 nitrogen and oxygen atoms in total. The van der Waals surface area contributed by atoms with Crippen molar-refractivity contribution in [1.29, 1.82) is 0 Å². The monoisotopic (exact) mass is 104 g/mol. The van der Waals surface area contributed by atoms with Crippen molar-refractivity contribution in [1.82, 2.24) is 0 Å². The Labute approximate surface area is 39.1 Å². The summed E-state index contributed by atoms with van der Waals surface area (Å²) in [6.07, 6.45) is 0. The van der Waals surface area contributed by atoms with Crippen molar-refractivity contribution in [2.75, 3.05) is 0 Å². The molecule has 0 amide bonds. The molecule has 1 N–H and O–H groups in total. The zero-order valence-electron chi connectivity index (χ0n) is 3.77. The van der Waals surface area contributed by atoms with Gasteiger partial charge in [0, 0.05) is 6.04 Å². The topological polar surface area (TPSA) is 37.3 Å². The van der Waals surface area contributed by atoms with E-state index in [-0.39, 0.29) is 5.78 Å². The smallest absolute Gasteiger partial charge is 0.163 e. The van der Waals surface area contributed by atoms with Gasteiger partial charge in [0.05, 0.1) is 0 Å². The summed E-state index contributed by atoms with van der Waals surface area (Å²) in [5, 5.41) is 0. The summed E-state index contributed by atoms with van der Waals surface area (Å²) in [6.45, 7) is 1.49. The van der Waals surface area contributed by atoms with Crippen molar-refractivity contribution in [2.45, 2.75) is 13.0 Å². The molecule has 0 spiro atoms. The van der Waals surface area contributed by atoms with E-state index in [4.69, 9.17) is 4.80 Å². The summed E-state index contributed by atoms with van der Waals surface area (Å²) in [4.78, 5) is 18.1. The molecule has 0 radical (unpaired) electrons. The Kier molecular flexibility index (Phi) is 2.98. The molecule has 0 aromatic heterocycles. The standard InChI is InChI=1S/C3H8O2Si/c1-3(4)2-6-5/h5H,2,6H2,1H3. The third kappa shape index (κ3) is 3.85. The van der Waals surface area contributed by atoms with Crippen LogP contribution in [0.1, 0.15) is 6.92 Å². The van der Waals surface area contributed by atoms with Crippen LogP contribution in [0.2, 0.25) is 6.04 Å². The number of rotatable bonds is 2. The number of Topliss-reactive ketones (excluding diaryl/α,β-unsaturated/α-hetero) is 1. The van der Waals surface area contributed by atoms with Crippen LogP contribution in [0, 0.1) is 0 Å². The quantitative estimate of drug-likeness (QED) is 0.460. The summed E-state index contributed by atoms with van der Waals surface area (Å²) < 4.78 is 0. The number of carbonyl (C=O) groups excluding carboxylic acids is 1. The molecule has 0 aromatic carbocycles. The first kappa shape index (κ1) is 5.85. The van der Waals surface area contributed by atoms with Gasteiger partial charge in [-0.1, -0.05) is 0 Å². The van der Waals surface area contributed by atoms with Gasteiger partial charge >= 0.3 is 0 Å². The van der Waals surface area contributed by atoms with E-state index in [9.17, 15) is 4.79 Å². The van der Waals surface area contributed by atoms with Crippen LogP contribution in [0.4, 0.5) is 0 Å². The third-order valence-electron chi connectivity index (χ3n) is 0.464. The second-order valence-corrected chi connectivity index (χ2v) is 2.12. The first-order chi connectivity index (χ1) is 2.77. The van der Waals surface area contributed by atoms with Crippen LogP contribution in [-0.4, -0.2) is 20.3 Å².